The fourth-order valence-corrected chi connectivity index (χ4v) is 2.76. The molecule has 1 saturated heterocycles. The Morgan fingerprint density at radius 2 is 2.00 bits per heavy atom. The number of carbonyl (C=O) groups is 1. The van der Waals surface area contributed by atoms with E-state index >= 15 is 0 Å². The third-order valence-corrected chi connectivity index (χ3v) is 4.03. The van der Waals surface area contributed by atoms with E-state index in [2.05, 4.69) is 12.0 Å². The number of rotatable bonds is 2. The highest BCUT2D eigenvalue weighted by Crippen LogP contribution is 2.19. The lowest BCUT2D eigenvalue weighted by Gasteiger charge is -2.32. The molecule has 2 aromatic rings. The Morgan fingerprint density at radius 3 is 2.71 bits per heavy atom. The van der Waals surface area contributed by atoms with E-state index in [1.54, 1.807) is 10.7 Å². The summed E-state index contributed by atoms with van der Waals surface area (Å²) in [6, 6.07) is 9.50. The molecule has 2 heterocycles. The third kappa shape index (κ3) is 2.77. The highest BCUT2D eigenvalue weighted by Gasteiger charge is 2.25. The molecule has 5 heteroatoms. The lowest BCUT2D eigenvalue weighted by Crippen LogP contribution is -2.42. The van der Waals surface area contributed by atoms with Crippen LogP contribution in [0.15, 0.2) is 36.5 Å². The molecule has 0 spiro atoms. The number of hydrogen-bond acceptors (Lipinski definition) is 3. The second-order valence-electron chi connectivity index (χ2n) is 5.58. The summed E-state index contributed by atoms with van der Waals surface area (Å²) in [4.78, 5) is 14.5. The van der Waals surface area contributed by atoms with E-state index in [1.165, 1.54) is 6.42 Å². The molecule has 1 amide bonds. The van der Waals surface area contributed by atoms with E-state index in [0.717, 1.165) is 25.1 Å². The molecule has 1 aliphatic heterocycles. The number of amides is 1. The average Bonchev–Trinajstić information content (AvgIpc) is 2.98. The van der Waals surface area contributed by atoms with Crippen LogP contribution in [0.3, 0.4) is 0 Å². The summed E-state index contributed by atoms with van der Waals surface area (Å²) in [5.74, 6) is 0.0244. The predicted molar refractivity (Wildman–Crippen MR) is 82.3 cm³/mol. The molecule has 0 aliphatic carbocycles. The third-order valence-electron chi connectivity index (χ3n) is 4.03. The van der Waals surface area contributed by atoms with Gasteiger partial charge in [-0.3, -0.25) is 4.79 Å². The zero-order valence-electron chi connectivity index (χ0n) is 12.2. The van der Waals surface area contributed by atoms with Crippen molar-refractivity contribution in [3.05, 3.63) is 42.2 Å². The molecule has 1 atom stereocenters. The molecule has 0 radical (unpaired) electrons. The van der Waals surface area contributed by atoms with Gasteiger partial charge in [0.15, 0.2) is 5.69 Å². The Hall–Kier alpha value is -2.30. The molecule has 5 nitrogen and oxygen atoms in total. The first kappa shape index (κ1) is 13.7. The number of aromatic nitrogens is 2. The molecule has 1 aromatic heterocycles. The molecule has 0 saturated carbocycles. The standard InChI is InChI=1S/C16H20N4O/c1-12-4-2-3-10-19(12)16(21)15-9-11-20(18-15)14-7-5-13(17)6-8-14/h5-9,11-12H,2-4,10,17H2,1H3. The van der Waals surface area contributed by atoms with Crippen molar-refractivity contribution < 1.29 is 4.79 Å². The fraction of sp³-hybridized carbons (Fsp3) is 0.375. The van der Waals surface area contributed by atoms with Gasteiger partial charge in [-0.05, 0) is 56.5 Å². The quantitative estimate of drug-likeness (QED) is 0.862. The largest absolute Gasteiger partial charge is 0.399 e. The Bertz CT molecular complexity index is 632. The first-order chi connectivity index (χ1) is 10.1. The molecule has 0 bridgehead atoms. The smallest absolute Gasteiger partial charge is 0.274 e. The van der Waals surface area contributed by atoms with Crippen molar-refractivity contribution in [2.75, 3.05) is 12.3 Å². The minimum atomic E-state index is 0.0244. The van der Waals surface area contributed by atoms with Crippen LogP contribution in [-0.2, 0) is 0 Å². The molecule has 1 aliphatic rings. The second-order valence-corrected chi connectivity index (χ2v) is 5.58. The van der Waals surface area contributed by atoms with Crippen LogP contribution in [0.1, 0.15) is 36.7 Å². The van der Waals surface area contributed by atoms with Crippen LogP contribution < -0.4 is 5.73 Å². The van der Waals surface area contributed by atoms with Crippen molar-refractivity contribution in [1.82, 2.24) is 14.7 Å². The number of likely N-dealkylation sites (tertiary alicyclic amines) is 1. The first-order valence-electron chi connectivity index (χ1n) is 7.38. The Kier molecular flexibility index (Phi) is 3.64. The number of nitrogen functional groups attached to an aromatic ring is 1. The Labute approximate surface area is 124 Å². The molecule has 2 N–H and O–H groups in total. The maximum absolute atomic E-state index is 12.5. The van der Waals surface area contributed by atoms with Crippen molar-refractivity contribution >= 4 is 11.6 Å². The first-order valence-corrected chi connectivity index (χ1v) is 7.38. The van der Waals surface area contributed by atoms with E-state index in [4.69, 9.17) is 5.73 Å². The predicted octanol–water partition coefficient (Wildman–Crippen LogP) is 2.47. The van der Waals surface area contributed by atoms with Gasteiger partial charge in [-0.25, -0.2) is 4.68 Å². The van der Waals surface area contributed by atoms with Gasteiger partial charge in [0, 0.05) is 24.5 Å². The van der Waals surface area contributed by atoms with E-state index < -0.39 is 0 Å². The van der Waals surface area contributed by atoms with Crippen molar-refractivity contribution in [3.8, 4) is 5.69 Å². The van der Waals surface area contributed by atoms with Gasteiger partial charge in [0.1, 0.15) is 0 Å². The fourth-order valence-electron chi connectivity index (χ4n) is 2.76. The average molecular weight is 284 g/mol. The summed E-state index contributed by atoms with van der Waals surface area (Å²) < 4.78 is 1.71. The molecule has 21 heavy (non-hydrogen) atoms. The normalized spacial score (nSPS) is 18.7. The van der Waals surface area contributed by atoms with Crippen LogP contribution in [-0.4, -0.2) is 33.2 Å². The SMILES string of the molecule is CC1CCCCN1C(=O)c1ccn(-c2ccc(N)cc2)n1. The van der Waals surface area contributed by atoms with Gasteiger partial charge in [-0.1, -0.05) is 0 Å². The molecule has 1 unspecified atom stereocenters. The number of carbonyl (C=O) groups excluding carboxylic acids is 1. The van der Waals surface area contributed by atoms with Crippen LogP contribution in [0.5, 0.6) is 0 Å². The maximum Gasteiger partial charge on any atom is 0.274 e. The van der Waals surface area contributed by atoms with Crippen molar-refractivity contribution in [3.63, 3.8) is 0 Å². The van der Waals surface area contributed by atoms with Crippen molar-refractivity contribution in [1.29, 1.82) is 0 Å². The highest BCUT2D eigenvalue weighted by molar-refractivity contribution is 5.92. The zero-order chi connectivity index (χ0) is 14.8. The van der Waals surface area contributed by atoms with Gasteiger partial charge >= 0.3 is 0 Å². The van der Waals surface area contributed by atoms with Crippen LogP contribution in [0.2, 0.25) is 0 Å². The summed E-state index contributed by atoms with van der Waals surface area (Å²) in [6.45, 7) is 2.93. The van der Waals surface area contributed by atoms with Gasteiger partial charge in [-0.15, -0.1) is 0 Å². The van der Waals surface area contributed by atoms with Crippen LogP contribution in [0.25, 0.3) is 5.69 Å². The molecule has 1 aromatic carbocycles. The van der Waals surface area contributed by atoms with E-state index in [1.807, 2.05) is 35.4 Å². The molecular formula is C16H20N4O. The van der Waals surface area contributed by atoms with Crippen LogP contribution in [0.4, 0.5) is 5.69 Å². The monoisotopic (exact) mass is 284 g/mol. The van der Waals surface area contributed by atoms with E-state index in [-0.39, 0.29) is 5.91 Å². The van der Waals surface area contributed by atoms with Crippen LogP contribution >= 0.6 is 0 Å². The number of nitrogens with zero attached hydrogens (tertiary/aromatic N) is 3. The second kappa shape index (κ2) is 5.60. The summed E-state index contributed by atoms with van der Waals surface area (Å²) in [5.41, 5.74) is 7.79. The van der Waals surface area contributed by atoms with Crippen molar-refractivity contribution in [2.24, 2.45) is 0 Å². The number of nitrogens with two attached hydrogens (primary N) is 1. The van der Waals surface area contributed by atoms with Gasteiger partial charge in [0.05, 0.1) is 5.69 Å². The zero-order valence-corrected chi connectivity index (χ0v) is 12.2. The topological polar surface area (TPSA) is 64.2 Å². The minimum absolute atomic E-state index is 0.0244. The number of anilines is 1. The Morgan fingerprint density at radius 1 is 1.24 bits per heavy atom. The molecule has 3 rings (SSSR count). The summed E-state index contributed by atoms with van der Waals surface area (Å²) in [6.07, 6.45) is 5.16. The van der Waals surface area contributed by atoms with Gasteiger partial charge in [0.2, 0.25) is 0 Å². The Balaban J connectivity index is 1.81. The summed E-state index contributed by atoms with van der Waals surface area (Å²) >= 11 is 0. The minimum Gasteiger partial charge on any atom is -0.399 e. The number of benzene rings is 1. The molecule has 1 fully saturated rings. The molecular weight excluding hydrogens is 264 g/mol. The van der Waals surface area contributed by atoms with E-state index in [9.17, 15) is 4.79 Å². The van der Waals surface area contributed by atoms with Gasteiger partial charge in [-0.2, -0.15) is 5.10 Å². The van der Waals surface area contributed by atoms with Crippen molar-refractivity contribution in [2.45, 2.75) is 32.2 Å². The highest BCUT2D eigenvalue weighted by atomic mass is 16.2. The maximum atomic E-state index is 12.5. The van der Waals surface area contributed by atoms with E-state index in [0.29, 0.717) is 17.4 Å². The number of hydrogen-bond donors (Lipinski definition) is 1. The summed E-state index contributed by atoms with van der Waals surface area (Å²) in [5, 5.41) is 4.40. The molecule has 110 valence electrons. The lowest BCUT2D eigenvalue weighted by atomic mass is 10.0. The van der Waals surface area contributed by atoms with Crippen LogP contribution in [0, 0.1) is 0 Å². The van der Waals surface area contributed by atoms with Gasteiger partial charge in [0.25, 0.3) is 5.91 Å². The lowest BCUT2D eigenvalue weighted by molar-refractivity contribution is 0.0629. The number of piperidine rings is 1. The van der Waals surface area contributed by atoms with Gasteiger partial charge < -0.3 is 10.6 Å². The summed E-state index contributed by atoms with van der Waals surface area (Å²) in [7, 11) is 0.